The average Bonchev–Trinajstić information content (AvgIpc) is 3.40. The Morgan fingerprint density at radius 3 is 1.27 bits per heavy atom. The lowest BCUT2D eigenvalue weighted by Crippen LogP contribution is -2.16. The number of benzene rings is 8. The minimum atomic E-state index is -0.149. The van der Waals surface area contributed by atoms with Crippen molar-refractivity contribution in [1.29, 1.82) is 0 Å². The Morgan fingerprint density at radius 2 is 0.745 bits per heavy atom. The van der Waals surface area contributed by atoms with E-state index in [1.807, 2.05) is 0 Å². The Hall–Kier alpha value is -6.38. The molecule has 0 N–H and O–H groups in total. The van der Waals surface area contributed by atoms with Gasteiger partial charge in [0.2, 0.25) is 0 Å². The van der Waals surface area contributed by atoms with Gasteiger partial charge in [0.05, 0.1) is 0 Å². The zero-order valence-corrected chi connectivity index (χ0v) is 28.9. The Morgan fingerprint density at radius 1 is 0.314 bits per heavy atom. The molecule has 9 rings (SSSR count). The highest BCUT2D eigenvalue weighted by molar-refractivity contribution is 5.96. The first-order valence-electron chi connectivity index (χ1n) is 17.7. The molecule has 0 bridgehead atoms. The van der Waals surface area contributed by atoms with E-state index < -0.39 is 0 Å². The zero-order valence-electron chi connectivity index (χ0n) is 28.9. The summed E-state index contributed by atoms with van der Waals surface area (Å²) in [6.45, 7) is 4.74. The van der Waals surface area contributed by atoms with Crippen LogP contribution in [0.4, 0.5) is 34.1 Å². The third-order valence-corrected chi connectivity index (χ3v) is 10.4. The summed E-state index contributed by atoms with van der Waals surface area (Å²) in [5.74, 6) is 0. The van der Waals surface area contributed by atoms with Crippen LogP contribution in [0.15, 0.2) is 194 Å². The van der Waals surface area contributed by atoms with Gasteiger partial charge in [0, 0.05) is 39.5 Å². The molecular weight excluding hydrogens is 617 g/mol. The van der Waals surface area contributed by atoms with Crippen LogP contribution in [0.25, 0.3) is 33.0 Å². The predicted octanol–water partition coefficient (Wildman–Crippen LogP) is 13.8. The van der Waals surface area contributed by atoms with Crippen molar-refractivity contribution in [1.82, 2.24) is 0 Å². The van der Waals surface area contributed by atoms with Crippen LogP contribution in [0.5, 0.6) is 0 Å². The van der Waals surface area contributed by atoms with E-state index in [0.29, 0.717) is 0 Å². The molecular formula is C49H38N2. The van der Waals surface area contributed by atoms with Crippen LogP contribution in [0.3, 0.4) is 0 Å². The maximum absolute atomic E-state index is 2.43. The predicted molar refractivity (Wildman–Crippen MR) is 216 cm³/mol. The molecule has 8 aromatic carbocycles. The maximum Gasteiger partial charge on any atom is 0.0465 e. The lowest BCUT2D eigenvalue weighted by Gasteiger charge is -2.28. The van der Waals surface area contributed by atoms with Gasteiger partial charge in [-0.3, -0.25) is 0 Å². The van der Waals surface area contributed by atoms with Crippen LogP contribution in [0.2, 0.25) is 0 Å². The Labute approximate surface area is 300 Å². The number of fused-ring (bicyclic) bond motifs is 4. The van der Waals surface area contributed by atoms with E-state index >= 15 is 0 Å². The molecule has 0 aromatic heterocycles. The van der Waals surface area contributed by atoms with Crippen molar-refractivity contribution in [2.75, 3.05) is 9.80 Å². The molecule has 1 aliphatic rings. The second-order valence-corrected chi connectivity index (χ2v) is 13.9. The van der Waals surface area contributed by atoms with Gasteiger partial charge in [0.25, 0.3) is 0 Å². The molecule has 0 unspecified atom stereocenters. The normalized spacial score (nSPS) is 12.7. The van der Waals surface area contributed by atoms with Gasteiger partial charge in [-0.2, -0.15) is 0 Å². The first-order chi connectivity index (χ1) is 25.0. The molecule has 0 amide bonds. The van der Waals surface area contributed by atoms with Gasteiger partial charge in [0.15, 0.2) is 0 Å². The van der Waals surface area contributed by atoms with E-state index in [2.05, 4.69) is 218 Å². The quantitative estimate of drug-likeness (QED) is 0.169. The first kappa shape index (κ1) is 30.7. The smallest absolute Gasteiger partial charge is 0.0465 e. The second-order valence-electron chi connectivity index (χ2n) is 13.9. The second kappa shape index (κ2) is 12.5. The fourth-order valence-corrected chi connectivity index (χ4v) is 7.79. The van der Waals surface area contributed by atoms with Crippen LogP contribution >= 0.6 is 0 Å². The highest BCUT2D eigenvalue weighted by Crippen LogP contribution is 2.52. The van der Waals surface area contributed by atoms with Crippen LogP contribution in [-0.4, -0.2) is 0 Å². The molecule has 0 atom stereocenters. The molecule has 2 heteroatoms. The van der Waals surface area contributed by atoms with Gasteiger partial charge < -0.3 is 9.80 Å². The molecule has 0 saturated heterocycles. The van der Waals surface area contributed by atoms with Crippen molar-refractivity contribution in [2.24, 2.45) is 0 Å². The SMILES string of the molecule is CC1(C)c2cc(N(c3ccccc3)c3ccccc3)ccc2-c2cc3ccc(-c4ccc(N(c5ccccc5)c5ccccc5)cc4)cc3cc21. The minimum absolute atomic E-state index is 0.149. The zero-order chi connectivity index (χ0) is 34.4. The highest BCUT2D eigenvalue weighted by atomic mass is 15.1. The molecule has 51 heavy (non-hydrogen) atoms. The van der Waals surface area contributed by atoms with E-state index in [1.165, 1.54) is 49.8 Å². The molecule has 8 aromatic rings. The third-order valence-electron chi connectivity index (χ3n) is 10.4. The summed E-state index contributed by atoms with van der Waals surface area (Å²) in [6.07, 6.45) is 0. The van der Waals surface area contributed by atoms with Crippen LogP contribution < -0.4 is 9.80 Å². The number of para-hydroxylation sites is 4. The largest absolute Gasteiger partial charge is 0.311 e. The number of anilines is 6. The summed E-state index contributed by atoms with van der Waals surface area (Å²) < 4.78 is 0. The number of hydrogen-bond donors (Lipinski definition) is 0. The molecule has 0 heterocycles. The molecule has 244 valence electrons. The summed E-state index contributed by atoms with van der Waals surface area (Å²) in [7, 11) is 0. The number of nitrogens with zero attached hydrogens (tertiary/aromatic N) is 2. The first-order valence-corrected chi connectivity index (χ1v) is 17.7. The standard InChI is InChI=1S/C49H38N2/c1-49(2)47-33-38-31-36(35-25-27-43(28-26-35)50(39-15-7-3-8-16-39)40-17-9-4-10-18-40)23-24-37(38)32-46(47)45-30-29-44(34-48(45)49)51(41-19-11-5-12-20-41)42-21-13-6-14-22-42/h3-34H,1-2H3. The fraction of sp³-hybridized carbons (Fsp3) is 0.0612. The summed E-state index contributed by atoms with van der Waals surface area (Å²) in [5.41, 5.74) is 14.5. The summed E-state index contributed by atoms with van der Waals surface area (Å²) >= 11 is 0. The van der Waals surface area contributed by atoms with Gasteiger partial charge in [-0.25, -0.2) is 0 Å². The lowest BCUT2D eigenvalue weighted by atomic mass is 9.81. The van der Waals surface area contributed by atoms with Gasteiger partial charge in [-0.1, -0.05) is 117 Å². The summed E-state index contributed by atoms with van der Waals surface area (Å²) in [5, 5.41) is 2.53. The fourth-order valence-electron chi connectivity index (χ4n) is 7.79. The molecule has 1 aliphatic carbocycles. The molecule has 2 nitrogen and oxygen atoms in total. The highest BCUT2D eigenvalue weighted by Gasteiger charge is 2.36. The van der Waals surface area contributed by atoms with Crippen molar-refractivity contribution in [2.45, 2.75) is 19.3 Å². The van der Waals surface area contributed by atoms with Crippen molar-refractivity contribution >= 4 is 44.9 Å². The van der Waals surface area contributed by atoms with E-state index in [1.54, 1.807) is 0 Å². The average molecular weight is 655 g/mol. The summed E-state index contributed by atoms with van der Waals surface area (Å²) in [6, 6.07) is 70.1. The number of rotatable bonds is 7. The molecule has 0 radical (unpaired) electrons. The van der Waals surface area contributed by atoms with E-state index in [9.17, 15) is 0 Å². The monoisotopic (exact) mass is 654 g/mol. The van der Waals surface area contributed by atoms with Crippen LogP contribution in [-0.2, 0) is 5.41 Å². The Balaban J connectivity index is 1.07. The van der Waals surface area contributed by atoms with Gasteiger partial charge in [0.1, 0.15) is 0 Å². The van der Waals surface area contributed by atoms with Crippen molar-refractivity contribution in [3.63, 3.8) is 0 Å². The molecule has 0 aliphatic heterocycles. The summed E-state index contributed by atoms with van der Waals surface area (Å²) in [4.78, 5) is 4.66. The van der Waals surface area contributed by atoms with E-state index in [4.69, 9.17) is 0 Å². The van der Waals surface area contributed by atoms with Crippen LogP contribution in [0.1, 0.15) is 25.0 Å². The molecule has 0 fully saturated rings. The van der Waals surface area contributed by atoms with Crippen molar-refractivity contribution in [3.8, 4) is 22.3 Å². The Bertz CT molecular complexity index is 2390. The van der Waals surface area contributed by atoms with Crippen molar-refractivity contribution in [3.05, 3.63) is 205 Å². The van der Waals surface area contributed by atoms with Crippen molar-refractivity contribution < 1.29 is 0 Å². The van der Waals surface area contributed by atoms with Gasteiger partial charge >= 0.3 is 0 Å². The molecule has 0 spiro atoms. The Kier molecular flexibility index (Phi) is 7.51. The van der Waals surface area contributed by atoms with E-state index in [-0.39, 0.29) is 5.41 Å². The lowest BCUT2D eigenvalue weighted by molar-refractivity contribution is 0.661. The van der Waals surface area contributed by atoms with Gasteiger partial charge in [-0.15, -0.1) is 0 Å². The van der Waals surface area contributed by atoms with E-state index in [0.717, 1.165) is 28.4 Å². The topological polar surface area (TPSA) is 6.48 Å². The maximum atomic E-state index is 2.43. The minimum Gasteiger partial charge on any atom is -0.311 e. The van der Waals surface area contributed by atoms with Gasteiger partial charge in [-0.05, 0) is 135 Å². The molecule has 0 saturated carbocycles. The number of hydrogen-bond acceptors (Lipinski definition) is 2. The third kappa shape index (κ3) is 5.46. The van der Waals surface area contributed by atoms with Crippen LogP contribution in [0, 0.1) is 0 Å².